The van der Waals surface area contributed by atoms with Crippen LogP contribution in [0.25, 0.3) is 10.8 Å². The summed E-state index contributed by atoms with van der Waals surface area (Å²) in [6, 6.07) is 6.36. The fraction of sp³-hybridized carbons (Fsp3) is 0.400. The van der Waals surface area contributed by atoms with E-state index in [-0.39, 0.29) is 0 Å². The van der Waals surface area contributed by atoms with Crippen molar-refractivity contribution in [1.82, 2.24) is 4.98 Å². The van der Waals surface area contributed by atoms with Gasteiger partial charge in [0.1, 0.15) is 5.82 Å². The molecular formula is C15H20N4. The summed E-state index contributed by atoms with van der Waals surface area (Å²) in [5, 5.41) is 2.28. The third kappa shape index (κ3) is 2.12. The van der Waals surface area contributed by atoms with Gasteiger partial charge < -0.3 is 16.4 Å². The predicted octanol–water partition coefficient (Wildman–Crippen LogP) is 2.05. The maximum atomic E-state index is 6.08. The van der Waals surface area contributed by atoms with Gasteiger partial charge in [0.25, 0.3) is 0 Å². The van der Waals surface area contributed by atoms with Gasteiger partial charge in [-0.3, -0.25) is 0 Å². The molecule has 3 rings (SSSR count). The van der Waals surface area contributed by atoms with E-state index in [2.05, 4.69) is 22.9 Å². The number of rotatable bonds is 1. The molecule has 4 nitrogen and oxygen atoms in total. The maximum absolute atomic E-state index is 6.08. The van der Waals surface area contributed by atoms with E-state index in [9.17, 15) is 0 Å². The number of benzene rings is 1. The highest BCUT2D eigenvalue weighted by atomic mass is 15.2. The quantitative estimate of drug-likeness (QED) is 0.766. The lowest BCUT2D eigenvalue weighted by atomic mass is 10.0. The van der Waals surface area contributed by atoms with Gasteiger partial charge in [-0.25, -0.2) is 4.98 Å². The summed E-state index contributed by atoms with van der Waals surface area (Å²) in [5.74, 6) is 1.05. The van der Waals surface area contributed by atoms with Gasteiger partial charge in [-0.2, -0.15) is 0 Å². The molecule has 2 heterocycles. The van der Waals surface area contributed by atoms with Crippen LogP contribution in [0, 0.1) is 6.92 Å². The zero-order valence-corrected chi connectivity index (χ0v) is 11.3. The van der Waals surface area contributed by atoms with Crippen LogP contribution in [-0.2, 0) is 0 Å². The second kappa shape index (κ2) is 4.70. The molecule has 0 amide bonds. The number of nitrogens with two attached hydrogens (primary N) is 2. The molecule has 1 fully saturated rings. The van der Waals surface area contributed by atoms with Crippen LogP contribution in [0.5, 0.6) is 0 Å². The Hall–Kier alpha value is -1.81. The lowest BCUT2D eigenvalue weighted by Crippen LogP contribution is -2.40. The number of nitrogen functional groups attached to an aromatic ring is 1. The van der Waals surface area contributed by atoms with Crippen molar-refractivity contribution in [1.29, 1.82) is 0 Å². The Kier molecular flexibility index (Phi) is 3.03. The van der Waals surface area contributed by atoms with Crippen molar-refractivity contribution in [2.45, 2.75) is 25.8 Å². The molecule has 0 spiro atoms. The van der Waals surface area contributed by atoms with Gasteiger partial charge in [0.05, 0.1) is 0 Å². The first-order valence-electron chi connectivity index (χ1n) is 6.81. The third-order valence-corrected chi connectivity index (χ3v) is 3.99. The minimum atomic E-state index is 0.331. The molecule has 4 N–H and O–H groups in total. The molecule has 1 aliphatic heterocycles. The molecule has 0 bridgehead atoms. The second-order valence-electron chi connectivity index (χ2n) is 5.35. The number of anilines is 2. The summed E-state index contributed by atoms with van der Waals surface area (Å²) in [5.41, 5.74) is 14.1. The Balaban J connectivity index is 2.11. The molecule has 0 atom stereocenters. The molecule has 1 aromatic carbocycles. The fourth-order valence-corrected chi connectivity index (χ4v) is 2.82. The number of hydrogen-bond donors (Lipinski definition) is 2. The molecular weight excluding hydrogens is 236 g/mol. The van der Waals surface area contributed by atoms with E-state index >= 15 is 0 Å². The van der Waals surface area contributed by atoms with Gasteiger partial charge in [0.2, 0.25) is 0 Å². The largest absolute Gasteiger partial charge is 0.398 e. The van der Waals surface area contributed by atoms with Crippen LogP contribution in [0.3, 0.4) is 0 Å². The van der Waals surface area contributed by atoms with E-state index in [4.69, 9.17) is 11.5 Å². The smallest absolute Gasteiger partial charge is 0.136 e. The highest BCUT2D eigenvalue weighted by molar-refractivity contribution is 6.01. The summed E-state index contributed by atoms with van der Waals surface area (Å²) in [4.78, 5) is 6.92. The number of hydrogen-bond acceptors (Lipinski definition) is 4. The highest BCUT2D eigenvalue weighted by Crippen LogP contribution is 2.32. The Morgan fingerprint density at radius 3 is 2.68 bits per heavy atom. The van der Waals surface area contributed by atoms with Crippen LogP contribution in [-0.4, -0.2) is 24.1 Å². The molecule has 0 saturated carbocycles. The summed E-state index contributed by atoms with van der Waals surface area (Å²) < 4.78 is 0. The highest BCUT2D eigenvalue weighted by Gasteiger charge is 2.20. The summed E-state index contributed by atoms with van der Waals surface area (Å²) >= 11 is 0. The molecule has 1 aliphatic rings. The van der Waals surface area contributed by atoms with Crippen molar-refractivity contribution in [2.75, 3.05) is 23.7 Å². The molecule has 0 unspecified atom stereocenters. The van der Waals surface area contributed by atoms with E-state index in [1.807, 2.05) is 18.3 Å². The molecule has 1 saturated heterocycles. The van der Waals surface area contributed by atoms with Gasteiger partial charge >= 0.3 is 0 Å². The second-order valence-corrected chi connectivity index (χ2v) is 5.35. The fourth-order valence-electron chi connectivity index (χ4n) is 2.82. The number of nitrogens with zero attached hydrogens (tertiary/aromatic N) is 2. The molecule has 4 heteroatoms. The zero-order valence-electron chi connectivity index (χ0n) is 11.3. The van der Waals surface area contributed by atoms with Crippen molar-refractivity contribution in [3.8, 4) is 0 Å². The van der Waals surface area contributed by atoms with E-state index in [1.165, 1.54) is 10.9 Å². The summed E-state index contributed by atoms with van der Waals surface area (Å²) in [6.07, 6.45) is 3.90. The van der Waals surface area contributed by atoms with E-state index in [0.29, 0.717) is 6.04 Å². The van der Waals surface area contributed by atoms with Gasteiger partial charge in [0.15, 0.2) is 0 Å². The molecule has 2 aromatic rings. The average molecular weight is 256 g/mol. The van der Waals surface area contributed by atoms with Crippen molar-refractivity contribution < 1.29 is 0 Å². The molecule has 0 aliphatic carbocycles. The molecule has 1 aromatic heterocycles. The molecule has 0 radical (unpaired) electrons. The topological polar surface area (TPSA) is 68.2 Å². The lowest BCUT2D eigenvalue weighted by Gasteiger charge is -2.32. The summed E-state index contributed by atoms with van der Waals surface area (Å²) in [6.45, 7) is 4.06. The number of piperidine rings is 1. The molecule has 19 heavy (non-hydrogen) atoms. The first-order chi connectivity index (χ1) is 9.16. The minimum Gasteiger partial charge on any atom is -0.398 e. The number of pyridine rings is 1. The van der Waals surface area contributed by atoms with E-state index in [0.717, 1.165) is 42.8 Å². The van der Waals surface area contributed by atoms with E-state index < -0.39 is 0 Å². The Morgan fingerprint density at radius 2 is 1.95 bits per heavy atom. The third-order valence-electron chi connectivity index (χ3n) is 3.99. The van der Waals surface area contributed by atoms with Crippen LogP contribution in [0.2, 0.25) is 0 Å². The van der Waals surface area contributed by atoms with E-state index in [1.54, 1.807) is 0 Å². The van der Waals surface area contributed by atoms with Gasteiger partial charge in [0, 0.05) is 41.8 Å². The number of fused-ring (bicyclic) bond motifs is 1. The van der Waals surface area contributed by atoms with Crippen molar-refractivity contribution >= 4 is 22.3 Å². The lowest BCUT2D eigenvalue weighted by molar-refractivity contribution is 0.499. The predicted molar refractivity (Wildman–Crippen MR) is 80.3 cm³/mol. The first kappa shape index (κ1) is 12.2. The average Bonchev–Trinajstić information content (AvgIpc) is 2.43. The van der Waals surface area contributed by atoms with Crippen LogP contribution < -0.4 is 16.4 Å². The van der Waals surface area contributed by atoms with Gasteiger partial charge in [-0.1, -0.05) is 6.07 Å². The van der Waals surface area contributed by atoms with Crippen molar-refractivity contribution in [3.63, 3.8) is 0 Å². The van der Waals surface area contributed by atoms with Crippen LogP contribution >= 0.6 is 0 Å². The van der Waals surface area contributed by atoms with Crippen LogP contribution in [0.15, 0.2) is 24.4 Å². The Labute approximate surface area is 113 Å². The maximum Gasteiger partial charge on any atom is 0.136 e. The summed E-state index contributed by atoms with van der Waals surface area (Å²) in [7, 11) is 0. The Bertz CT molecular complexity index is 600. The SMILES string of the molecule is Cc1ccc(N)c2ccnc(N3CCC(N)CC3)c12. The number of aryl methyl sites for hydroxylation is 1. The first-order valence-corrected chi connectivity index (χ1v) is 6.81. The van der Waals surface area contributed by atoms with Gasteiger partial charge in [-0.05, 0) is 37.5 Å². The number of aromatic nitrogens is 1. The molecule has 100 valence electrons. The minimum absolute atomic E-state index is 0.331. The van der Waals surface area contributed by atoms with Crippen molar-refractivity contribution in [2.24, 2.45) is 5.73 Å². The Morgan fingerprint density at radius 1 is 1.21 bits per heavy atom. The van der Waals surface area contributed by atoms with Crippen LogP contribution in [0.4, 0.5) is 11.5 Å². The standard InChI is InChI=1S/C15H20N4/c1-10-2-3-13(17)12-4-7-18-15(14(10)12)19-8-5-11(16)6-9-19/h2-4,7,11H,5-6,8-9,16-17H2,1H3. The monoisotopic (exact) mass is 256 g/mol. The van der Waals surface area contributed by atoms with Crippen LogP contribution in [0.1, 0.15) is 18.4 Å². The van der Waals surface area contributed by atoms with Gasteiger partial charge in [-0.15, -0.1) is 0 Å². The normalized spacial score (nSPS) is 17.1. The zero-order chi connectivity index (χ0) is 13.4. The van der Waals surface area contributed by atoms with Crippen molar-refractivity contribution in [3.05, 3.63) is 30.0 Å².